The zero-order valence-corrected chi connectivity index (χ0v) is 8.09. The second-order valence-corrected chi connectivity index (χ2v) is 4.26. The molecule has 4 heteroatoms. The molecule has 0 radical (unpaired) electrons. The Hall–Kier alpha value is -0.870. The van der Waals surface area contributed by atoms with Gasteiger partial charge in [-0.3, -0.25) is 4.21 Å². The van der Waals surface area contributed by atoms with Gasteiger partial charge in [-0.25, -0.2) is 0 Å². The number of phenols is 1. The third-order valence-corrected chi connectivity index (χ3v) is 3.09. The van der Waals surface area contributed by atoms with E-state index in [9.17, 15) is 4.21 Å². The molecule has 0 aliphatic rings. The lowest BCUT2D eigenvalue weighted by molar-refractivity contribution is 0.475. The van der Waals surface area contributed by atoms with Gasteiger partial charge < -0.3 is 10.8 Å². The zero-order valence-electron chi connectivity index (χ0n) is 7.27. The van der Waals surface area contributed by atoms with E-state index in [0.717, 1.165) is 11.3 Å². The maximum absolute atomic E-state index is 11.5. The Morgan fingerprint density at radius 3 is 2.46 bits per heavy atom. The summed E-state index contributed by atoms with van der Waals surface area (Å²) in [4.78, 5) is 0.742. The van der Waals surface area contributed by atoms with Crippen LogP contribution in [0.1, 0.15) is 6.42 Å². The highest BCUT2D eigenvalue weighted by Gasteiger charge is 2.02. The fraction of sp³-hybridized carbons (Fsp3) is 0.333. The van der Waals surface area contributed by atoms with E-state index in [1.54, 1.807) is 12.1 Å². The summed E-state index contributed by atoms with van der Waals surface area (Å²) in [6.07, 6.45) is 0.757. The summed E-state index contributed by atoms with van der Waals surface area (Å²) in [5.41, 5.74) is 5.30. The standard InChI is InChI=1S/C9H13NO2S/c10-6-1-7-13(12)9-4-2-8(11)3-5-9/h2-5,11H,1,6-7,10H2. The van der Waals surface area contributed by atoms with Crippen LogP contribution in [0.15, 0.2) is 29.2 Å². The van der Waals surface area contributed by atoms with Crippen molar-refractivity contribution in [2.24, 2.45) is 5.73 Å². The maximum atomic E-state index is 11.5. The topological polar surface area (TPSA) is 63.3 Å². The number of aromatic hydroxyl groups is 1. The van der Waals surface area contributed by atoms with Crippen molar-refractivity contribution >= 4 is 10.8 Å². The fourth-order valence-corrected chi connectivity index (χ4v) is 2.03. The molecule has 0 fully saturated rings. The van der Waals surface area contributed by atoms with Crippen LogP contribution in [0.4, 0.5) is 0 Å². The molecule has 3 N–H and O–H groups in total. The highest BCUT2D eigenvalue weighted by Crippen LogP contribution is 2.13. The molecule has 0 aromatic heterocycles. The summed E-state index contributed by atoms with van der Waals surface area (Å²) < 4.78 is 11.5. The second-order valence-electron chi connectivity index (χ2n) is 2.69. The number of nitrogens with two attached hydrogens (primary N) is 1. The molecular formula is C9H13NO2S. The van der Waals surface area contributed by atoms with Crippen LogP contribution in [-0.4, -0.2) is 21.6 Å². The number of phenolic OH excluding ortho intramolecular Hbond substituents is 1. The summed E-state index contributed by atoms with van der Waals surface area (Å²) >= 11 is 0. The Balaban J connectivity index is 2.61. The average molecular weight is 199 g/mol. The molecule has 13 heavy (non-hydrogen) atoms. The first-order chi connectivity index (χ1) is 6.24. The lowest BCUT2D eigenvalue weighted by Crippen LogP contribution is -2.05. The van der Waals surface area contributed by atoms with E-state index in [1.165, 1.54) is 12.1 Å². The van der Waals surface area contributed by atoms with Gasteiger partial charge in [0.25, 0.3) is 0 Å². The minimum Gasteiger partial charge on any atom is -0.508 e. The summed E-state index contributed by atoms with van der Waals surface area (Å²) in [5, 5.41) is 9.00. The Bertz CT molecular complexity index is 284. The predicted molar refractivity (Wildman–Crippen MR) is 53.1 cm³/mol. The van der Waals surface area contributed by atoms with Crippen LogP contribution in [0.25, 0.3) is 0 Å². The van der Waals surface area contributed by atoms with E-state index in [1.807, 2.05) is 0 Å². The molecule has 3 nitrogen and oxygen atoms in total. The van der Waals surface area contributed by atoms with Crippen LogP contribution in [0, 0.1) is 0 Å². The first-order valence-electron chi connectivity index (χ1n) is 4.11. The van der Waals surface area contributed by atoms with Crippen LogP contribution < -0.4 is 5.73 Å². The molecule has 0 aliphatic heterocycles. The predicted octanol–water partition coefficient (Wildman–Crippen LogP) is 0.849. The van der Waals surface area contributed by atoms with Gasteiger partial charge >= 0.3 is 0 Å². The summed E-state index contributed by atoms with van der Waals surface area (Å²) in [5.74, 6) is 0.779. The molecule has 1 rings (SSSR count). The highest BCUT2D eigenvalue weighted by atomic mass is 32.2. The Labute approximate surface area is 80.0 Å². The Morgan fingerprint density at radius 1 is 1.31 bits per heavy atom. The normalized spacial score (nSPS) is 12.7. The SMILES string of the molecule is NCCCS(=O)c1ccc(O)cc1. The third-order valence-electron chi connectivity index (χ3n) is 1.63. The van der Waals surface area contributed by atoms with Crippen molar-refractivity contribution in [3.63, 3.8) is 0 Å². The minimum atomic E-state index is -0.983. The van der Waals surface area contributed by atoms with Crippen molar-refractivity contribution in [1.29, 1.82) is 0 Å². The lowest BCUT2D eigenvalue weighted by atomic mass is 10.3. The maximum Gasteiger partial charge on any atom is 0.115 e. The molecule has 1 unspecified atom stereocenters. The molecule has 1 aromatic carbocycles. The van der Waals surface area contributed by atoms with Gasteiger partial charge in [-0.05, 0) is 37.2 Å². The smallest absolute Gasteiger partial charge is 0.115 e. The molecule has 0 saturated carbocycles. The summed E-state index contributed by atoms with van der Waals surface area (Å²) in [6, 6.07) is 6.41. The molecule has 0 spiro atoms. The molecule has 72 valence electrons. The van der Waals surface area contributed by atoms with Crippen LogP contribution >= 0.6 is 0 Å². The van der Waals surface area contributed by atoms with E-state index in [-0.39, 0.29) is 5.75 Å². The monoisotopic (exact) mass is 199 g/mol. The van der Waals surface area contributed by atoms with E-state index >= 15 is 0 Å². The molecule has 0 aliphatic carbocycles. The van der Waals surface area contributed by atoms with Gasteiger partial charge in [0.15, 0.2) is 0 Å². The van der Waals surface area contributed by atoms with Gasteiger partial charge in [0.2, 0.25) is 0 Å². The van der Waals surface area contributed by atoms with Gasteiger partial charge in [-0.2, -0.15) is 0 Å². The van der Waals surface area contributed by atoms with Crippen molar-refractivity contribution in [3.05, 3.63) is 24.3 Å². The van der Waals surface area contributed by atoms with Gasteiger partial charge in [0.05, 0.1) is 10.8 Å². The Morgan fingerprint density at radius 2 is 1.92 bits per heavy atom. The first kappa shape index (κ1) is 10.2. The average Bonchev–Trinajstić information content (AvgIpc) is 2.15. The van der Waals surface area contributed by atoms with Crippen LogP contribution in [0.5, 0.6) is 5.75 Å². The van der Waals surface area contributed by atoms with Gasteiger partial charge in [-0.1, -0.05) is 0 Å². The second kappa shape index (κ2) is 4.99. The van der Waals surface area contributed by atoms with Crippen molar-refractivity contribution in [2.45, 2.75) is 11.3 Å². The number of hydrogen-bond acceptors (Lipinski definition) is 3. The number of hydrogen-bond donors (Lipinski definition) is 2. The lowest BCUT2D eigenvalue weighted by Gasteiger charge is -2.00. The quantitative estimate of drug-likeness (QED) is 0.755. The number of rotatable bonds is 4. The van der Waals surface area contributed by atoms with Crippen LogP contribution in [0.2, 0.25) is 0 Å². The molecule has 0 bridgehead atoms. The van der Waals surface area contributed by atoms with Crippen molar-refractivity contribution < 1.29 is 9.32 Å². The van der Waals surface area contributed by atoms with Gasteiger partial charge in [0, 0.05) is 10.6 Å². The van der Waals surface area contributed by atoms with Crippen LogP contribution in [-0.2, 0) is 10.8 Å². The molecular weight excluding hydrogens is 186 g/mol. The molecule has 0 heterocycles. The largest absolute Gasteiger partial charge is 0.508 e. The van der Waals surface area contributed by atoms with Crippen molar-refractivity contribution in [2.75, 3.05) is 12.3 Å². The number of benzene rings is 1. The van der Waals surface area contributed by atoms with E-state index in [2.05, 4.69) is 0 Å². The molecule has 0 amide bonds. The van der Waals surface area contributed by atoms with Crippen LogP contribution in [0.3, 0.4) is 0 Å². The third kappa shape index (κ3) is 3.16. The van der Waals surface area contributed by atoms with Crippen molar-refractivity contribution in [3.8, 4) is 5.75 Å². The van der Waals surface area contributed by atoms with E-state index in [4.69, 9.17) is 10.8 Å². The zero-order chi connectivity index (χ0) is 9.68. The Kier molecular flexibility index (Phi) is 3.92. The highest BCUT2D eigenvalue weighted by molar-refractivity contribution is 7.85. The van der Waals surface area contributed by atoms with E-state index in [0.29, 0.717) is 12.3 Å². The first-order valence-corrected chi connectivity index (χ1v) is 5.43. The van der Waals surface area contributed by atoms with Crippen molar-refractivity contribution in [1.82, 2.24) is 0 Å². The fourth-order valence-electron chi connectivity index (χ4n) is 0.930. The molecule has 1 aromatic rings. The van der Waals surface area contributed by atoms with Gasteiger partial charge in [-0.15, -0.1) is 0 Å². The van der Waals surface area contributed by atoms with E-state index < -0.39 is 10.8 Å². The summed E-state index contributed by atoms with van der Waals surface area (Å²) in [6.45, 7) is 0.559. The van der Waals surface area contributed by atoms with Gasteiger partial charge in [0.1, 0.15) is 5.75 Å². The summed E-state index contributed by atoms with van der Waals surface area (Å²) in [7, 11) is -0.983. The minimum absolute atomic E-state index is 0.194. The molecule has 1 atom stereocenters. The molecule has 0 saturated heterocycles.